The third kappa shape index (κ3) is 2.26. The van der Waals surface area contributed by atoms with E-state index in [1.54, 1.807) is 0 Å². The molecule has 0 spiro atoms. The Morgan fingerprint density at radius 1 is 1.47 bits per heavy atom. The van der Waals surface area contributed by atoms with E-state index in [0.717, 1.165) is 31.0 Å². The van der Waals surface area contributed by atoms with Crippen LogP contribution in [-0.4, -0.2) is 29.3 Å². The molecule has 0 radical (unpaired) electrons. The van der Waals surface area contributed by atoms with Gasteiger partial charge in [-0.25, -0.2) is 0 Å². The molecular formula is C11H18N4. The molecule has 1 saturated heterocycles. The average molecular weight is 206 g/mol. The van der Waals surface area contributed by atoms with E-state index in [1.165, 1.54) is 0 Å². The second-order valence-corrected chi connectivity index (χ2v) is 4.39. The molecule has 0 bridgehead atoms. The van der Waals surface area contributed by atoms with Gasteiger partial charge >= 0.3 is 0 Å². The van der Waals surface area contributed by atoms with E-state index >= 15 is 0 Å². The van der Waals surface area contributed by atoms with Crippen LogP contribution in [0.25, 0.3) is 0 Å². The highest BCUT2D eigenvalue weighted by molar-refractivity contribution is 5.38. The molecule has 0 amide bonds. The van der Waals surface area contributed by atoms with Crippen molar-refractivity contribution in [1.29, 1.82) is 0 Å². The summed E-state index contributed by atoms with van der Waals surface area (Å²) in [5.74, 6) is 1.57. The highest BCUT2D eigenvalue weighted by atomic mass is 15.3. The van der Waals surface area contributed by atoms with Gasteiger partial charge in [0.05, 0.1) is 5.69 Å². The lowest BCUT2D eigenvalue weighted by atomic mass is 10.0. The van der Waals surface area contributed by atoms with Gasteiger partial charge < -0.3 is 10.6 Å². The largest absolute Gasteiger partial charge is 0.355 e. The number of nitrogens with zero attached hydrogens (tertiary/aromatic N) is 3. The highest BCUT2D eigenvalue weighted by Crippen LogP contribution is 2.22. The van der Waals surface area contributed by atoms with Crippen molar-refractivity contribution in [1.82, 2.24) is 10.2 Å². The molecule has 0 aromatic carbocycles. The number of nitrogens with two attached hydrogens (primary N) is 1. The van der Waals surface area contributed by atoms with Gasteiger partial charge in [0.1, 0.15) is 0 Å². The van der Waals surface area contributed by atoms with Crippen LogP contribution in [0.3, 0.4) is 0 Å². The van der Waals surface area contributed by atoms with E-state index < -0.39 is 0 Å². The third-order valence-electron chi connectivity index (χ3n) is 3.08. The van der Waals surface area contributed by atoms with Crippen molar-refractivity contribution in [2.24, 2.45) is 11.7 Å². The van der Waals surface area contributed by atoms with Gasteiger partial charge in [0, 0.05) is 19.1 Å². The van der Waals surface area contributed by atoms with E-state index in [2.05, 4.69) is 22.0 Å². The summed E-state index contributed by atoms with van der Waals surface area (Å²) in [5, 5.41) is 8.26. The van der Waals surface area contributed by atoms with Crippen molar-refractivity contribution in [3.05, 3.63) is 17.8 Å². The number of aryl methyl sites for hydroxylation is 1. The van der Waals surface area contributed by atoms with Gasteiger partial charge in [-0.2, -0.15) is 5.10 Å². The predicted molar refractivity (Wildman–Crippen MR) is 60.7 cm³/mol. The number of rotatable bonds is 2. The first kappa shape index (κ1) is 10.4. The average Bonchev–Trinajstić information content (AvgIpc) is 2.68. The monoisotopic (exact) mass is 206 g/mol. The minimum Gasteiger partial charge on any atom is -0.355 e. The summed E-state index contributed by atoms with van der Waals surface area (Å²) in [6, 6.07) is 4.31. The summed E-state index contributed by atoms with van der Waals surface area (Å²) in [7, 11) is 0. The zero-order valence-electron chi connectivity index (χ0n) is 9.35. The molecule has 2 atom stereocenters. The molecule has 82 valence electrons. The second kappa shape index (κ2) is 4.14. The summed E-state index contributed by atoms with van der Waals surface area (Å²) in [6.07, 6.45) is 1.16. The Bertz CT molecular complexity index is 320. The number of hydrogen-bond acceptors (Lipinski definition) is 4. The molecule has 1 aliphatic rings. The standard InChI is InChI=1S/C11H18N4/c1-8-3-4-11(14-13-8)15-6-5-10(7-15)9(2)12/h3-4,9-10H,5-7,12H2,1-2H3. The van der Waals surface area contributed by atoms with E-state index in [0.29, 0.717) is 5.92 Å². The molecule has 1 aliphatic heterocycles. The molecule has 2 rings (SSSR count). The van der Waals surface area contributed by atoms with E-state index in [-0.39, 0.29) is 6.04 Å². The number of aromatic nitrogens is 2. The Morgan fingerprint density at radius 2 is 2.27 bits per heavy atom. The van der Waals surface area contributed by atoms with Crippen LogP contribution in [-0.2, 0) is 0 Å². The normalized spacial score (nSPS) is 23.1. The molecule has 15 heavy (non-hydrogen) atoms. The zero-order valence-corrected chi connectivity index (χ0v) is 9.35. The summed E-state index contributed by atoms with van der Waals surface area (Å²) in [5.41, 5.74) is 6.86. The molecule has 4 heteroatoms. The lowest BCUT2D eigenvalue weighted by Crippen LogP contribution is -2.30. The smallest absolute Gasteiger partial charge is 0.151 e. The molecular weight excluding hydrogens is 188 g/mol. The first-order valence-electron chi connectivity index (χ1n) is 5.47. The molecule has 2 heterocycles. The van der Waals surface area contributed by atoms with Gasteiger partial charge in [0.25, 0.3) is 0 Å². The van der Waals surface area contributed by atoms with Crippen LogP contribution < -0.4 is 10.6 Å². The van der Waals surface area contributed by atoms with Crippen molar-refractivity contribution in [2.75, 3.05) is 18.0 Å². The lowest BCUT2D eigenvalue weighted by Gasteiger charge is -2.18. The van der Waals surface area contributed by atoms with Gasteiger partial charge in [-0.05, 0) is 38.3 Å². The van der Waals surface area contributed by atoms with Gasteiger partial charge in [-0.3, -0.25) is 0 Å². The van der Waals surface area contributed by atoms with Gasteiger partial charge in [-0.15, -0.1) is 5.10 Å². The van der Waals surface area contributed by atoms with Crippen molar-refractivity contribution in [3.63, 3.8) is 0 Å². The maximum absolute atomic E-state index is 5.90. The fourth-order valence-corrected chi connectivity index (χ4v) is 1.99. The topological polar surface area (TPSA) is 55.0 Å². The van der Waals surface area contributed by atoms with Crippen molar-refractivity contribution < 1.29 is 0 Å². The quantitative estimate of drug-likeness (QED) is 0.783. The first-order chi connectivity index (χ1) is 7.16. The Morgan fingerprint density at radius 3 is 2.80 bits per heavy atom. The van der Waals surface area contributed by atoms with Crippen LogP contribution in [0.1, 0.15) is 19.0 Å². The van der Waals surface area contributed by atoms with Crippen molar-refractivity contribution >= 4 is 5.82 Å². The highest BCUT2D eigenvalue weighted by Gasteiger charge is 2.25. The van der Waals surface area contributed by atoms with E-state index in [1.807, 2.05) is 19.1 Å². The number of anilines is 1. The Balaban J connectivity index is 2.04. The van der Waals surface area contributed by atoms with Crippen LogP contribution in [0.15, 0.2) is 12.1 Å². The molecule has 2 unspecified atom stereocenters. The molecule has 4 nitrogen and oxygen atoms in total. The van der Waals surface area contributed by atoms with Crippen molar-refractivity contribution in [3.8, 4) is 0 Å². The Kier molecular flexibility index (Phi) is 2.86. The maximum atomic E-state index is 5.90. The minimum absolute atomic E-state index is 0.272. The molecule has 1 aromatic rings. The fraction of sp³-hybridized carbons (Fsp3) is 0.636. The number of hydrogen-bond donors (Lipinski definition) is 1. The Hall–Kier alpha value is -1.16. The van der Waals surface area contributed by atoms with Gasteiger partial charge in [0.15, 0.2) is 5.82 Å². The van der Waals surface area contributed by atoms with Crippen LogP contribution >= 0.6 is 0 Å². The molecule has 1 aromatic heterocycles. The summed E-state index contributed by atoms with van der Waals surface area (Å²) in [4.78, 5) is 2.26. The van der Waals surface area contributed by atoms with Crippen LogP contribution in [0.2, 0.25) is 0 Å². The molecule has 0 saturated carbocycles. The van der Waals surface area contributed by atoms with E-state index in [4.69, 9.17) is 5.73 Å². The van der Waals surface area contributed by atoms with Gasteiger partial charge in [0.2, 0.25) is 0 Å². The van der Waals surface area contributed by atoms with Crippen LogP contribution in [0.4, 0.5) is 5.82 Å². The first-order valence-corrected chi connectivity index (χ1v) is 5.47. The Labute approximate surface area is 90.5 Å². The maximum Gasteiger partial charge on any atom is 0.151 e. The van der Waals surface area contributed by atoms with Gasteiger partial charge in [-0.1, -0.05) is 0 Å². The summed E-state index contributed by atoms with van der Waals surface area (Å²) in [6.45, 7) is 6.08. The van der Waals surface area contributed by atoms with Crippen LogP contribution in [0, 0.1) is 12.8 Å². The van der Waals surface area contributed by atoms with Crippen LogP contribution in [0.5, 0.6) is 0 Å². The van der Waals surface area contributed by atoms with Crippen molar-refractivity contribution in [2.45, 2.75) is 26.3 Å². The lowest BCUT2D eigenvalue weighted by molar-refractivity contribution is 0.488. The molecule has 2 N–H and O–H groups in total. The second-order valence-electron chi connectivity index (χ2n) is 4.39. The SMILES string of the molecule is Cc1ccc(N2CCC(C(C)N)C2)nn1. The summed E-state index contributed by atoms with van der Waals surface area (Å²) < 4.78 is 0. The predicted octanol–water partition coefficient (Wildman–Crippen LogP) is 0.959. The minimum atomic E-state index is 0.272. The summed E-state index contributed by atoms with van der Waals surface area (Å²) >= 11 is 0. The third-order valence-corrected chi connectivity index (χ3v) is 3.08. The molecule has 0 aliphatic carbocycles. The zero-order chi connectivity index (χ0) is 10.8. The fourth-order valence-electron chi connectivity index (χ4n) is 1.99. The van der Waals surface area contributed by atoms with E-state index in [9.17, 15) is 0 Å². The molecule has 1 fully saturated rings.